The maximum absolute atomic E-state index is 12.2. The molecular weight excluding hydrogens is 274 g/mol. The molecule has 0 bridgehead atoms. The maximum Gasteiger partial charge on any atom is 0.279 e. The zero-order valence-corrected chi connectivity index (χ0v) is 12.7. The van der Waals surface area contributed by atoms with E-state index in [4.69, 9.17) is 5.73 Å². The van der Waals surface area contributed by atoms with Crippen LogP contribution in [0.3, 0.4) is 0 Å². The molecule has 0 aliphatic carbocycles. The molecule has 1 fully saturated rings. The quantitative estimate of drug-likeness (QED) is 0.858. The molecule has 1 aliphatic rings. The molecule has 6 heteroatoms. The Hall–Kier alpha value is -0.950. The Morgan fingerprint density at radius 1 is 1.30 bits per heavy atom. The van der Waals surface area contributed by atoms with Crippen LogP contribution in [0.4, 0.5) is 0 Å². The highest BCUT2D eigenvalue weighted by Gasteiger charge is 2.25. The number of hydrogen-bond donors (Lipinski definition) is 2. The van der Waals surface area contributed by atoms with Gasteiger partial charge in [0.25, 0.3) is 10.2 Å². The van der Waals surface area contributed by atoms with Gasteiger partial charge in [0.1, 0.15) is 0 Å². The normalized spacial score (nSPS) is 18.3. The number of hydrogen-bond acceptors (Lipinski definition) is 3. The molecule has 0 unspecified atom stereocenters. The van der Waals surface area contributed by atoms with Gasteiger partial charge >= 0.3 is 0 Å². The van der Waals surface area contributed by atoms with Crippen molar-refractivity contribution in [3.63, 3.8) is 0 Å². The fourth-order valence-electron chi connectivity index (χ4n) is 2.36. The van der Waals surface area contributed by atoms with E-state index < -0.39 is 10.2 Å². The Morgan fingerprint density at radius 3 is 2.60 bits per heavy atom. The molecule has 112 valence electrons. The van der Waals surface area contributed by atoms with Crippen LogP contribution < -0.4 is 10.5 Å². The minimum Gasteiger partial charge on any atom is -0.326 e. The number of piperidine rings is 1. The second kappa shape index (κ2) is 6.67. The first-order valence-corrected chi connectivity index (χ1v) is 8.48. The van der Waals surface area contributed by atoms with E-state index >= 15 is 0 Å². The first kappa shape index (κ1) is 15.4. The molecule has 0 aromatic heterocycles. The van der Waals surface area contributed by atoms with Gasteiger partial charge in [0.2, 0.25) is 0 Å². The molecule has 1 saturated heterocycles. The van der Waals surface area contributed by atoms with Crippen LogP contribution in [0.1, 0.15) is 30.9 Å². The van der Waals surface area contributed by atoms with Crippen molar-refractivity contribution >= 4 is 10.2 Å². The summed E-state index contributed by atoms with van der Waals surface area (Å²) >= 11 is 0. The van der Waals surface area contributed by atoms with E-state index in [1.165, 1.54) is 0 Å². The lowest BCUT2D eigenvalue weighted by Gasteiger charge is -2.29. The Labute approximate surface area is 121 Å². The van der Waals surface area contributed by atoms with E-state index in [-0.39, 0.29) is 0 Å². The minimum absolute atomic E-state index is 0.308. The molecule has 1 heterocycles. The molecule has 0 atom stereocenters. The summed E-state index contributed by atoms with van der Waals surface area (Å²) in [4.78, 5) is 0. The zero-order valence-electron chi connectivity index (χ0n) is 11.9. The predicted molar refractivity (Wildman–Crippen MR) is 80.1 cm³/mol. The largest absolute Gasteiger partial charge is 0.326 e. The van der Waals surface area contributed by atoms with Crippen molar-refractivity contribution in [1.82, 2.24) is 9.03 Å². The van der Waals surface area contributed by atoms with Crippen LogP contribution >= 0.6 is 0 Å². The van der Waals surface area contributed by atoms with E-state index in [0.717, 1.165) is 24.0 Å². The molecular formula is C14H23N3O2S. The van der Waals surface area contributed by atoms with E-state index in [9.17, 15) is 8.42 Å². The molecule has 0 amide bonds. The maximum atomic E-state index is 12.2. The average Bonchev–Trinajstić information content (AvgIpc) is 2.46. The van der Waals surface area contributed by atoms with Crippen LogP contribution in [0, 0.1) is 5.92 Å². The minimum atomic E-state index is -3.37. The van der Waals surface area contributed by atoms with Gasteiger partial charge in [-0.2, -0.15) is 17.4 Å². The first-order chi connectivity index (χ1) is 9.51. The third-order valence-electron chi connectivity index (χ3n) is 3.77. The Kier molecular flexibility index (Phi) is 5.15. The highest BCUT2D eigenvalue weighted by atomic mass is 32.2. The summed E-state index contributed by atoms with van der Waals surface area (Å²) in [5, 5.41) is 0. The Balaban J connectivity index is 1.95. The van der Waals surface area contributed by atoms with Gasteiger partial charge in [-0.3, -0.25) is 0 Å². The van der Waals surface area contributed by atoms with Crippen LogP contribution in [0.5, 0.6) is 0 Å². The topological polar surface area (TPSA) is 75.4 Å². The number of rotatable bonds is 5. The number of nitrogens with zero attached hydrogens (tertiary/aromatic N) is 1. The van der Waals surface area contributed by atoms with Crippen LogP contribution in [0.25, 0.3) is 0 Å². The van der Waals surface area contributed by atoms with Gasteiger partial charge in [-0.15, -0.1) is 0 Å². The summed E-state index contributed by atoms with van der Waals surface area (Å²) in [6.07, 6.45) is 1.87. The van der Waals surface area contributed by atoms with Gasteiger partial charge in [-0.1, -0.05) is 31.2 Å². The van der Waals surface area contributed by atoms with E-state index in [1.54, 1.807) is 4.31 Å². The predicted octanol–water partition coefficient (Wildman–Crippen LogP) is 1.21. The molecule has 3 N–H and O–H groups in total. The zero-order chi connectivity index (χ0) is 14.6. The van der Waals surface area contributed by atoms with Crippen molar-refractivity contribution in [2.45, 2.75) is 32.9 Å². The molecule has 20 heavy (non-hydrogen) atoms. The molecule has 0 radical (unpaired) electrons. The first-order valence-electron chi connectivity index (χ1n) is 7.04. The van der Waals surface area contributed by atoms with E-state index in [1.807, 2.05) is 24.3 Å². The van der Waals surface area contributed by atoms with Crippen LogP contribution in [0.2, 0.25) is 0 Å². The van der Waals surface area contributed by atoms with Gasteiger partial charge in [0.15, 0.2) is 0 Å². The van der Waals surface area contributed by atoms with Crippen molar-refractivity contribution in [3.8, 4) is 0 Å². The van der Waals surface area contributed by atoms with Crippen molar-refractivity contribution in [1.29, 1.82) is 0 Å². The summed E-state index contributed by atoms with van der Waals surface area (Å²) in [7, 11) is -3.37. The van der Waals surface area contributed by atoms with Crippen molar-refractivity contribution in [2.75, 3.05) is 13.1 Å². The molecule has 2 rings (SSSR count). The van der Waals surface area contributed by atoms with E-state index in [0.29, 0.717) is 32.1 Å². The van der Waals surface area contributed by atoms with Crippen molar-refractivity contribution in [2.24, 2.45) is 11.7 Å². The smallest absolute Gasteiger partial charge is 0.279 e. The number of benzene rings is 1. The molecule has 1 aromatic carbocycles. The Bertz CT molecular complexity index is 537. The van der Waals surface area contributed by atoms with Crippen molar-refractivity contribution in [3.05, 3.63) is 35.4 Å². The summed E-state index contributed by atoms with van der Waals surface area (Å²) in [5.74, 6) is 0.614. The summed E-state index contributed by atoms with van der Waals surface area (Å²) in [5.41, 5.74) is 7.52. The molecule has 5 nitrogen and oxygen atoms in total. The van der Waals surface area contributed by atoms with Gasteiger partial charge in [-0.05, 0) is 29.9 Å². The lowest BCUT2D eigenvalue weighted by Crippen LogP contribution is -2.44. The van der Waals surface area contributed by atoms with Crippen LogP contribution in [0.15, 0.2) is 24.3 Å². The van der Waals surface area contributed by atoms with E-state index in [2.05, 4.69) is 11.6 Å². The van der Waals surface area contributed by atoms with Gasteiger partial charge < -0.3 is 5.73 Å². The highest BCUT2D eigenvalue weighted by molar-refractivity contribution is 7.87. The van der Waals surface area contributed by atoms with Crippen LogP contribution in [-0.4, -0.2) is 25.8 Å². The Morgan fingerprint density at radius 2 is 1.95 bits per heavy atom. The highest BCUT2D eigenvalue weighted by Crippen LogP contribution is 2.18. The van der Waals surface area contributed by atoms with Gasteiger partial charge in [-0.25, -0.2) is 0 Å². The molecule has 1 aliphatic heterocycles. The third-order valence-corrected chi connectivity index (χ3v) is 5.32. The second-order valence-electron chi connectivity index (χ2n) is 5.43. The average molecular weight is 297 g/mol. The SMILES string of the molecule is CC1CCN(S(=O)(=O)NCc2cccc(CN)c2)CC1. The third kappa shape index (κ3) is 4.02. The number of nitrogens with two attached hydrogens (primary N) is 1. The number of nitrogens with one attached hydrogen (secondary N) is 1. The second-order valence-corrected chi connectivity index (χ2v) is 7.19. The van der Waals surface area contributed by atoms with Crippen LogP contribution in [-0.2, 0) is 23.3 Å². The lowest BCUT2D eigenvalue weighted by molar-refractivity contribution is 0.285. The fraction of sp³-hybridized carbons (Fsp3) is 0.571. The monoisotopic (exact) mass is 297 g/mol. The fourth-order valence-corrected chi connectivity index (χ4v) is 3.58. The van der Waals surface area contributed by atoms with Gasteiger partial charge in [0.05, 0.1) is 0 Å². The molecule has 1 aromatic rings. The summed E-state index contributed by atoms with van der Waals surface area (Å²) in [6, 6.07) is 7.67. The molecule has 0 spiro atoms. The van der Waals surface area contributed by atoms with Gasteiger partial charge in [0, 0.05) is 26.2 Å². The standard InChI is InChI=1S/C14H23N3O2S/c1-12-5-7-17(8-6-12)20(18,19)16-11-14-4-2-3-13(9-14)10-15/h2-4,9,12,16H,5-8,10-11,15H2,1H3. The van der Waals surface area contributed by atoms with Crippen molar-refractivity contribution < 1.29 is 8.42 Å². The summed E-state index contributed by atoms with van der Waals surface area (Å²) < 4.78 is 28.6. The summed E-state index contributed by atoms with van der Waals surface area (Å²) in [6.45, 7) is 4.15. The molecule has 0 saturated carbocycles. The lowest BCUT2D eigenvalue weighted by atomic mass is 10.0.